The molecule has 0 aliphatic heterocycles. The zero-order valence-electron chi connectivity index (χ0n) is 10.4. The smallest absolute Gasteiger partial charge is 0.258 e. The van der Waals surface area contributed by atoms with Crippen molar-refractivity contribution in [1.29, 1.82) is 0 Å². The minimum absolute atomic E-state index is 0.0604. The molecule has 0 aliphatic carbocycles. The highest BCUT2D eigenvalue weighted by Crippen LogP contribution is 2.16. The van der Waals surface area contributed by atoms with Crippen LogP contribution in [0, 0.1) is 5.82 Å². The van der Waals surface area contributed by atoms with Gasteiger partial charge >= 0.3 is 0 Å². The molecule has 1 amide bonds. The maximum Gasteiger partial charge on any atom is 0.258 e. The van der Waals surface area contributed by atoms with Gasteiger partial charge in [-0.1, -0.05) is 0 Å². The van der Waals surface area contributed by atoms with E-state index in [0.717, 1.165) is 0 Å². The minimum Gasteiger partial charge on any atom is -0.368 e. The molecule has 2 aromatic heterocycles. The summed E-state index contributed by atoms with van der Waals surface area (Å²) in [4.78, 5) is 19.7. The Balaban J connectivity index is 2.22. The van der Waals surface area contributed by atoms with E-state index in [4.69, 9.17) is 0 Å². The number of hydrogen-bond donors (Lipinski definition) is 2. The summed E-state index contributed by atoms with van der Waals surface area (Å²) in [5.74, 6) is -1.13. The van der Waals surface area contributed by atoms with Gasteiger partial charge in [0, 0.05) is 18.9 Å². The lowest BCUT2D eigenvalue weighted by Crippen LogP contribution is -2.15. The predicted octanol–water partition coefficient (Wildman–Crippen LogP) is 2.30. The molecule has 2 rings (SSSR count). The van der Waals surface area contributed by atoms with E-state index in [0.29, 0.717) is 12.2 Å². The third-order valence-electron chi connectivity index (χ3n) is 2.40. The molecule has 2 N–H and O–H groups in total. The molecule has 0 fully saturated rings. The second-order valence-electron chi connectivity index (χ2n) is 3.75. The number of pyridine rings is 2. The Morgan fingerprint density at radius 1 is 1.37 bits per heavy atom. The van der Waals surface area contributed by atoms with Crippen LogP contribution in [0.5, 0.6) is 0 Å². The summed E-state index contributed by atoms with van der Waals surface area (Å²) < 4.78 is 14.0. The van der Waals surface area contributed by atoms with Crippen LogP contribution in [0.3, 0.4) is 0 Å². The van der Waals surface area contributed by atoms with Crippen molar-refractivity contribution in [3.63, 3.8) is 0 Å². The van der Waals surface area contributed by atoms with Gasteiger partial charge in [0.15, 0.2) is 11.6 Å². The van der Waals surface area contributed by atoms with Crippen LogP contribution in [0.15, 0.2) is 36.8 Å². The first-order valence-electron chi connectivity index (χ1n) is 5.82. The summed E-state index contributed by atoms with van der Waals surface area (Å²) in [7, 11) is 0. The SMILES string of the molecule is CCNc1nccc(C(=O)Nc2cccnc2)c1F. The summed E-state index contributed by atoms with van der Waals surface area (Å²) in [6.07, 6.45) is 4.47. The number of halogens is 1. The fourth-order valence-corrected chi connectivity index (χ4v) is 1.54. The van der Waals surface area contributed by atoms with Crippen molar-refractivity contribution in [3.05, 3.63) is 48.2 Å². The second-order valence-corrected chi connectivity index (χ2v) is 3.75. The molecule has 0 atom stereocenters. The number of nitrogens with one attached hydrogen (secondary N) is 2. The number of carbonyl (C=O) groups excluding carboxylic acids is 1. The second kappa shape index (κ2) is 5.90. The lowest BCUT2D eigenvalue weighted by Gasteiger charge is -2.08. The van der Waals surface area contributed by atoms with Crippen molar-refractivity contribution in [2.24, 2.45) is 0 Å². The van der Waals surface area contributed by atoms with Crippen molar-refractivity contribution in [1.82, 2.24) is 9.97 Å². The molecule has 0 aliphatic rings. The number of carbonyl (C=O) groups is 1. The van der Waals surface area contributed by atoms with E-state index in [9.17, 15) is 9.18 Å². The Morgan fingerprint density at radius 2 is 2.21 bits per heavy atom. The third-order valence-corrected chi connectivity index (χ3v) is 2.40. The topological polar surface area (TPSA) is 66.9 Å². The van der Waals surface area contributed by atoms with E-state index in [1.54, 1.807) is 18.3 Å². The van der Waals surface area contributed by atoms with Gasteiger partial charge in [0.2, 0.25) is 0 Å². The monoisotopic (exact) mass is 260 g/mol. The zero-order valence-corrected chi connectivity index (χ0v) is 10.4. The van der Waals surface area contributed by atoms with Gasteiger partial charge in [-0.05, 0) is 25.1 Å². The molecular formula is C13H13FN4O. The van der Waals surface area contributed by atoms with Gasteiger partial charge in [0.25, 0.3) is 5.91 Å². The number of anilines is 2. The number of aromatic nitrogens is 2. The first-order valence-corrected chi connectivity index (χ1v) is 5.82. The molecule has 0 radical (unpaired) electrons. The maximum absolute atomic E-state index is 14.0. The van der Waals surface area contributed by atoms with Gasteiger partial charge < -0.3 is 10.6 Å². The number of nitrogens with zero attached hydrogens (tertiary/aromatic N) is 2. The zero-order chi connectivity index (χ0) is 13.7. The molecule has 0 bridgehead atoms. The molecule has 5 nitrogen and oxygen atoms in total. The van der Waals surface area contributed by atoms with Crippen LogP contribution in [-0.2, 0) is 0 Å². The van der Waals surface area contributed by atoms with Gasteiger partial charge in [-0.15, -0.1) is 0 Å². The fraction of sp³-hybridized carbons (Fsp3) is 0.154. The molecule has 2 aromatic rings. The molecule has 6 heteroatoms. The van der Waals surface area contributed by atoms with Crippen LogP contribution < -0.4 is 10.6 Å². The Morgan fingerprint density at radius 3 is 2.89 bits per heavy atom. The van der Waals surface area contributed by atoms with Crippen molar-refractivity contribution < 1.29 is 9.18 Å². The van der Waals surface area contributed by atoms with E-state index < -0.39 is 11.7 Å². The van der Waals surface area contributed by atoms with Gasteiger partial charge in [0.1, 0.15) is 0 Å². The van der Waals surface area contributed by atoms with E-state index in [-0.39, 0.29) is 11.4 Å². The van der Waals surface area contributed by atoms with Crippen molar-refractivity contribution in [2.75, 3.05) is 17.2 Å². The first-order chi connectivity index (χ1) is 9.22. The van der Waals surface area contributed by atoms with Gasteiger partial charge in [-0.2, -0.15) is 0 Å². The summed E-state index contributed by atoms with van der Waals surface area (Å²) in [5, 5.41) is 5.33. The lowest BCUT2D eigenvalue weighted by molar-refractivity contribution is 0.102. The third kappa shape index (κ3) is 3.04. The number of amides is 1. The normalized spacial score (nSPS) is 10.0. The lowest BCUT2D eigenvalue weighted by atomic mass is 10.2. The van der Waals surface area contributed by atoms with Crippen molar-refractivity contribution in [3.8, 4) is 0 Å². The number of rotatable bonds is 4. The maximum atomic E-state index is 14.0. The molecule has 0 saturated carbocycles. The average molecular weight is 260 g/mol. The Bertz CT molecular complexity index is 574. The van der Waals surface area contributed by atoms with Crippen LogP contribution in [-0.4, -0.2) is 22.4 Å². The highest BCUT2D eigenvalue weighted by atomic mass is 19.1. The summed E-state index contributed by atoms with van der Waals surface area (Å²) in [5.41, 5.74) is 0.448. The largest absolute Gasteiger partial charge is 0.368 e. The molecule has 0 spiro atoms. The van der Waals surface area contributed by atoms with Crippen LogP contribution in [0.1, 0.15) is 17.3 Å². The molecule has 0 unspecified atom stereocenters. The van der Waals surface area contributed by atoms with E-state index in [2.05, 4.69) is 20.6 Å². The van der Waals surface area contributed by atoms with Gasteiger partial charge in [-0.3, -0.25) is 9.78 Å². The quantitative estimate of drug-likeness (QED) is 0.885. The summed E-state index contributed by atoms with van der Waals surface area (Å²) in [6, 6.07) is 4.69. The molecule has 2 heterocycles. The van der Waals surface area contributed by atoms with E-state index in [1.165, 1.54) is 18.5 Å². The van der Waals surface area contributed by atoms with E-state index in [1.807, 2.05) is 6.92 Å². The van der Waals surface area contributed by atoms with E-state index >= 15 is 0 Å². The van der Waals surface area contributed by atoms with Crippen LogP contribution in [0.25, 0.3) is 0 Å². The highest BCUT2D eigenvalue weighted by molar-refractivity contribution is 6.04. The molecule has 98 valence electrons. The average Bonchev–Trinajstić information content (AvgIpc) is 2.42. The first kappa shape index (κ1) is 12.9. The molecular weight excluding hydrogens is 247 g/mol. The predicted molar refractivity (Wildman–Crippen MR) is 70.5 cm³/mol. The van der Waals surface area contributed by atoms with Crippen LogP contribution >= 0.6 is 0 Å². The van der Waals surface area contributed by atoms with Crippen LogP contribution in [0.2, 0.25) is 0 Å². The Labute approximate surface area is 109 Å². The molecule has 19 heavy (non-hydrogen) atoms. The molecule has 0 saturated heterocycles. The van der Waals surface area contributed by atoms with Gasteiger partial charge in [-0.25, -0.2) is 9.37 Å². The Kier molecular flexibility index (Phi) is 4.02. The molecule has 0 aromatic carbocycles. The van der Waals surface area contributed by atoms with Crippen molar-refractivity contribution in [2.45, 2.75) is 6.92 Å². The minimum atomic E-state index is -0.661. The standard InChI is InChI=1S/C13H13FN4O/c1-2-16-12-11(14)10(5-7-17-12)13(19)18-9-4-3-6-15-8-9/h3-8H,2H2,1H3,(H,16,17)(H,18,19). The number of hydrogen-bond acceptors (Lipinski definition) is 4. The highest BCUT2D eigenvalue weighted by Gasteiger charge is 2.15. The van der Waals surface area contributed by atoms with Gasteiger partial charge in [0.05, 0.1) is 17.4 Å². The summed E-state index contributed by atoms with van der Waals surface area (Å²) >= 11 is 0. The summed E-state index contributed by atoms with van der Waals surface area (Å²) in [6.45, 7) is 2.35. The van der Waals surface area contributed by atoms with Crippen LogP contribution in [0.4, 0.5) is 15.9 Å². The van der Waals surface area contributed by atoms with Crippen molar-refractivity contribution >= 4 is 17.4 Å². The fourth-order valence-electron chi connectivity index (χ4n) is 1.54. The Hall–Kier alpha value is -2.50.